The Morgan fingerprint density at radius 3 is 2.44 bits per heavy atom. The number of benzene rings is 1. The van der Waals surface area contributed by atoms with Gasteiger partial charge in [-0.25, -0.2) is 0 Å². The van der Waals surface area contributed by atoms with Crippen molar-refractivity contribution in [3.05, 3.63) is 38.0 Å². The van der Waals surface area contributed by atoms with Crippen LogP contribution in [-0.2, 0) is 33.3 Å². The number of phenolic OH excluding ortho intramolecular Hbond substituents is 1. The first-order valence-electron chi connectivity index (χ1n) is 14.9. The van der Waals surface area contributed by atoms with Crippen LogP contribution in [0.2, 0.25) is 0 Å². The number of carbonyl (C=O) groups is 2. The molecule has 11 heteroatoms. The second-order valence-electron chi connectivity index (χ2n) is 13.0. The first-order valence-corrected chi connectivity index (χ1v) is 16.5. The van der Waals surface area contributed by atoms with Crippen LogP contribution in [0.1, 0.15) is 91.7 Å². The molecule has 3 heterocycles. The van der Waals surface area contributed by atoms with Crippen LogP contribution in [0.25, 0.3) is 0 Å². The van der Waals surface area contributed by atoms with Gasteiger partial charge in [-0.1, -0.05) is 43.6 Å². The van der Waals surface area contributed by atoms with Gasteiger partial charge >= 0.3 is 11.9 Å². The van der Waals surface area contributed by atoms with Crippen molar-refractivity contribution in [2.45, 2.75) is 116 Å². The quantitative estimate of drug-likeness (QED) is 0.290. The fourth-order valence-electron chi connectivity index (χ4n) is 6.64. The van der Waals surface area contributed by atoms with Gasteiger partial charge < -0.3 is 33.9 Å². The normalized spacial score (nSPS) is 31.5. The molecule has 0 radical (unpaired) electrons. The van der Waals surface area contributed by atoms with E-state index in [-0.39, 0.29) is 42.6 Å². The molecule has 8 atom stereocenters. The van der Waals surface area contributed by atoms with Gasteiger partial charge in [0, 0.05) is 22.9 Å². The maximum Gasteiger partial charge on any atom is 0.313 e. The monoisotopic (exact) mass is 730 g/mol. The van der Waals surface area contributed by atoms with Crippen LogP contribution in [0.15, 0.2) is 32.4 Å². The Kier molecular flexibility index (Phi) is 10.6. The lowest BCUT2D eigenvalue weighted by atomic mass is 9.69. The van der Waals surface area contributed by atoms with Crippen molar-refractivity contribution in [1.82, 2.24) is 0 Å². The number of ether oxygens (including phenoxy) is 5. The zero-order chi connectivity index (χ0) is 31.9. The number of hydrogen-bond acceptors (Lipinski definition) is 9. The van der Waals surface area contributed by atoms with Crippen molar-refractivity contribution in [2.75, 3.05) is 7.11 Å². The summed E-state index contributed by atoms with van der Waals surface area (Å²) in [4.78, 5) is 26.1. The van der Waals surface area contributed by atoms with Gasteiger partial charge in [-0.3, -0.25) is 9.59 Å². The predicted octanol–water partition coefficient (Wildman–Crippen LogP) is 6.86. The highest BCUT2D eigenvalue weighted by molar-refractivity contribution is 9.11. The average molecular weight is 733 g/mol. The number of carbonyl (C=O) groups excluding carboxylic acids is 2. The van der Waals surface area contributed by atoms with Crippen LogP contribution in [0.5, 0.6) is 5.75 Å². The van der Waals surface area contributed by atoms with Gasteiger partial charge in [0.1, 0.15) is 30.1 Å². The summed E-state index contributed by atoms with van der Waals surface area (Å²) in [5.74, 6) is -1.78. The van der Waals surface area contributed by atoms with E-state index >= 15 is 0 Å². The van der Waals surface area contributed by atoms with Crippen LogP contribution >= 0.6 is 31.9 Å². The van der Waals surface area contributed by atoms with Gasteiger partial charge in [0.05, 0.1) is 35.6 Å². The number of hydrogen-bond donors (Lipinski definition) is 2. The standard InChI is InChI=1S/C32H44Br2O9/c1-16(8-9-24(39-7)20-10-23(36)22(34)11-21(20)33)30-18(3)27-15-32(43-30)31(5,6)14-17(2)25(42-32)12-28(37)40-26(19(4)35)13-29(38)41-27/h10-11,16,18-19,24,26-27,30,35-36H,8-9,12-15H2,1-7H3/t16-,18-,19+,24-,26+,27-,30+,32+/m0/s1. The lowest BCUT2D eigenvalue weighted by Crippen LogP contribution is -2.62. The fourth-order valence-corrected chi connectivity index (χ4v) is 7.89. The Hall–Kier alpha value is -1.66. The van der Waals surface area contributed by atoms with E-state index in [1.54, 1.807) is 19.2 Å². The zero-order valence-corrected chi connectivity index (χ0v) is 29.1. The van der Waals surface area contributed by atoms with E-state index in [0.29, 0.717) is 35.9 Å². The van der Waals surface area contributed by atoms with E-state index in [4.69, 9.17) is 23.7 Å². The SMILES string of the molecule is CO[C@@H](CC[C@H](C)[C@H]1O[C@]23C[C@H](OC(=O)C[C@H]([C@@H](C)O)OC(=O)CC(=C(C)CC2(C)C)O3)[C@@H]1C)c1cc(O)c(Br)cc1Br. The second kappa shape index (κ2) is 13.4. The first kappa shape index (κ1) is 34.2. The van der Waals surface area contributed by atoms with Crippen LogP contribution in [0, 0.1) is 17.3 Å². The van der Waals surface area contributed by atoms with Gasteiger partial charge in [-0.15, -0.1) is 0 Å². The number of halogens is 2. The fraction of sp³-hybridized carbons (Fsp3) is 0.688. The molecule has 3 aliphatic rings. The van der Waals surface area contributed by atoms with Crippen LogP contribution in [0.4, 0.5) is 0 Å². The summed E-state index contributed by atoms with van der Waals surface area (Å²) in [5, 5.41) is 20.5. The third kappa shape index (κ3) is 7.27. The van der Waals surface area contributed by atoms with Crippen molar-refractivity contribution in [2.24, 2.45) is 17.3 Å². The number of aliphatic hydroxyl groups excluding tert-OH is 1. The van der Waals surface area contributed by atoms with Gasteiger partial charge in [-0.2, -0.15) is 0 Å². The van der Waals surface area contributed by atoms with E-state index in [2.05, 4.69) is 52.6 Å². The minimum absolute atomic E-state index is 0.00628. The summed E-state index contributed by atoms with van der Waals surface area (Å²) in [6.45, 7) is 11.7. The number of phenols is 1. The lowest BCUT2D eigenvalue weighted by Gasteiger charge is -2.57. The maximum absolute atomic E-state index is 13.2. The smallest absolute Gasteiger partial charge is 0.313 e. The van der Waals surface area contributed by atoms with Gasteiger partial charge in [0.15, 0.2) is 0 Å². The second-order valence-corrected chi connectivity index (χ2v) is 14.8. The largest absolute Gasteiger partial charge is 0.507 e. The van der Waals surface area contributed by atoms with E-state index in [0.717, 1.165) is 15.6 Å². The molecule has 2 saturated heterocycles. The number of rotatable bonds is 7. The predicted molar refractivity (Wildman–Crippen MR) is 166 cm³/mol. The van der Waals surface area contributed by atoms with E-state index in [1.165, 1.54) is 6.92 Å². The number of esters is 2. The summed E-state index contributed by atoms with van der Waals surface area (Å²) >= 11 is 6.95. The molecule has 1 aromatic rings. The van der Waals surface area contributed by atoms with Crippen LogP contribution in [-0.4, -0.2) is 59.5 Å². The van der Waals surface area contributed by atoms with E-state index in [9.17, 15) is 19.8 Å². The number of aliphatic hydroxyl groups is 1. The molecular formula is C32H44Br2O9. The highest BCUT2D eigenvalue weighted by Crippen LogP contribution is 2.55. The number of fused-ring (bicyclic) bond motifs is 2. The molecule has 1 aromatic carbocycles. The molecule has 2 fully saturated rings. The van der Waals surface area contributed by atoms with Gasteiger partial charge in [0.2, 0.25) is 5.79 Å². The maximum atomic E-state index is 13.2. The molecule has 4 rings (SSSR count). The third-order valence-electron chi connectivity index (χ3n) is 9.32. The highest BCUT2D eigenvalue weighted by Gasteiger charge is 2.60. The molecule has 9 nitrogen and oxygen atoms in total. The molecular weight excluding hydrogens is 688 g/mol. The van der Waals surface area contributed by atoms with Gasteiger partial charge in [0.25, 0.3) is 0 Å². The Morgan fingerprint density at radius 2 is 1.79 bits per heavy atom. The summed E-state index contributed by atoms with van der Waals surface area (Å²) in [6, 6.07) is 3.50. The van der Waals surface area contributed by atoms with E-state index < -0.39 is 41.5 Å². The van der Waals surface area contributed by atoms with Crippen molar-refractivity contribution in [1.29, 1.82) is 0 Å². The summed E-state index contributed by atoms with van der Waals surface area (Å²) in [5.41, 5.74) is 1.28. The van der Waals surface area contributed by atoms with Crippen LogP contribution in [0.3, 0.4) is 0 Å². The number of cyclic esters (lactones) is 1. The Bertz CT molecular complexity index is 1250. The minimum Gasteiger partial charge on any atom is -0.507 e. The Balaban J connectivity index is 1.65. The minimum atomic E-state index is -1.14. The third-order valence-corrected chi connectivity index (χ3v) is 10.6. The summed E-state index contributed by atoms with van der Waals surface area (Å²) in [7, 11) is 1.65. The van der Waals surface area contributed by atoms with Crippen molar-refractivity contribution < 1.29 is 43.5 Å². The first-order chi connectivity index (χ1) is 20.1. The molecule has 0 unspecified atom stereocenters. The summed E-state index contributed by atoms with van der Waals surface area (Å²) in [6.07, 6.45) is -1.25. The van der Waals surface area contributed by atoms with Crippen molar-refractivity contribution >= 4 is 43.8 Å². The van der Waals surface area contributed by atoms with Gasteiger partial charge in [-0.05, 0) is 78.2 Å². The van der Waals surface area contributed by atoms with Crippen molar-refractivity contribution in [3.8, 4) is 5.75 Å². The molecule has 3 aliphatic heterocycles. The molecule has 240 valence electrons. The molecule has 1 spiro atoms. The average Bonchev–Trinajstić information content (AvgIpc) is 2.90. The molecule has 3 bridgehead atoms. The highest BCUT2D eigenvalue weighted by atomic mass is 79.9. The molecule has 0 aromatic heterocycles. The Labute approximate surface area is 270 Å². The number of allylic oxidation sites excluding steroid dienone is 1. The molecule has 0 saturated carbocycles. The molecule has 0 amide bonds. The van der Waals surface area contributed by atoms with Crippen molar-refractivity contribution in [3.63, 3.8) is 0 Å². The number of methoxy groups -OCH3 is 1. The van der Waals surface area contributed by atoms with Crippen LogP contribution < -0.4 is 0 Å². The zero-order valence-electron chi connectivity index (χ0n) is 25.9. The molecule has 0 aliphatic carbocycles. The van der Waals surface area contributed by atoms with E-state index in [1.807, 2.05) is 13.8 Å². The summed E-state index contributed by atoms with van der Waals surface area (Å²) < 4.78 is 32.5. The molecule has 2 N–H and O–H groups in total. The molecule has 43 heavy (non-hydrogen) atoms. The topological polar surface area (TPSA) is 121 Å². The lowest BCUT2D eigenvalue weighted by molar-refractivity contribution is -0.352. The number of aromatic hydroxyl groups is 1. The Morgan fingerprint density at radius 1 is 1.09 bits per heavy atom.